The number of aliphatic hydroxyl groups is 1. The van der Waals surface area contributed by atoms with Gasteiger partial charge in [0.2, 0.25) is 0 Å². The minimum Gasteiger partial charge on any atom is -0.496 e. The lowest BCUT2D eigenvalue weighted by atomic mass is 9.89. The molecule has 9 nitrogen and oxygen atoms in total. The first-order valence-electron chi connectivity index (χ1n) is 16.3. The fourth-order valence-corrected chi connectivity index (χ4v) is 7.77. The Hall–Kier alpha value is -4.32. The first kappa shape index (κ1) is 32.2. The number of fused-ring (bicyclic) bond motifs is 2. The van der Waals surface area contributed by atoms with Crippen LogP contribution in [0.1, 0.15) is 44.7 Å². The van der Waals surface area contributed by atoms with E-state index in [0.717, 1.165) is 69.5 Å². The Balaban J connectivity index is 1.36. The van der Waals surface area contributed by atoms with Gasteiger partial charge in [-0.3, -0.25) is 4.68 Å². The summed E-state index contributed by atoms with van der Waals surface area (Å²) in [5.74, 6) is 0.0356. The molecule has 2 aliphatic rings. The van der Waals surface area contributed by atoms with E-state index in [1.807, 2.05) is 37.8 Å². The summed E-state index contributed by atoms with van der Waals surface area (Å²) in [6, 6.07) is 13.0. The van der Waals surface area contributed by atoms with E-state index in [0.29, 0.717) is 31.0 Å². The van der Waals surface area contributed by atoms with E-state index >= 15 is 0 Å². The van der Waals surface area contributed by atoms with Crippen LogP contribution in [0.25, 0.3) is 43.7 Å². The lowest BCUT2D eigenvalue weighted by Gasteiger charge is -2.36. The second kappa shape index (κ2) is 12.6. The summed E-state index contributed by atoms with van der Waals surface area (Å²) >= 11 is 1.60. The number of aromatic nitrogens is 3. The van der Waals surface area contributed by atoms with Crippen LogP contribution in [0.5, 0.6) is 5.75 Å². The van der Waals surface area contributed by atoms with E-state index in [1.165, 1.54) is 17.7 Å². The number of methoxy groups -OCH3 is 1. The highest BCUT2D eigenvalue weighted by Crippen LogP contribution is 2.46. The molecule has 1 fully saturated rings. The summed E-state index contributed by atoms with van der Waals surface area (Å²) in [7, 11) is 1.54. The maximum Gasteiger partial charge on any atom is 0.410 e. The highest BCUT2D eigenvalue weighted by molar-refractivity contribution is 7.18. The second-order valence-electron chi connectivity index (χ2n) is 13.6. The van der Waals surface area contributed by atoms with Crippen LogP contribution in [0.2, 0.25) is 0 Å². The molecule has 11 heteroatoms. The number of hydrogen-bond donors (Lipinski definition) is 2. The monoisotopic (exact) mass is 669 g/mol. The highest BCUT2D eigenvalue weighted by Gasteiger charge is 2.35. The molecule has 2 N–H and O–H groups in total. The minimum atomic E-state index is -0.552. The van der Waals surface area contributed by atoms with Crippen molar-refractivity contribution < 1.29 is 23.8 Å². The normalized spacial score (nSPS) is 16.2. The number of nitrogens with zero attached hydrogens (tertiary/aromatic N) is 4. The fraction of sp³-hybridized carbons (Fsp3) is 0.378. The number of carbonyl (C=O) groups is 1. The SMILES string of the molecule is COc1cc(F)ccc1-c1c(-c2cnn(C3(CO)CCNCC3)c2)nc(-c2ccc3c(c2)CCN(C(=O)OC(C)(C)C)C3)c2ccsc12. The number of amides is 1. The number of benzene rings is 2. The van der Waals surface area contributed by atoms with Gasteiger partial charge in [0.05, 0.1) is 36.8 Å². The Labute approximate surface area is 283 Å². The van der Waals surface area contributed by atoms with Gasteiger partial charge in [-0.1, -0.05) is 12.1 Å². The Morgan fingerprint density at radius 1 is 1.08 bits per heavy atom. The van der Waals surface area contributed by atoms with Crippen LogP contribution in [0.15, 0.2) is 60.2 Å². The molecule has 3 aromatic heterocycles. The van der Waals surface area contributed by atoms with Gasteiger partial charge in [-0.25, -0.2) is 14.2 Å². The van der Waals surface area contributed by atoms with Crippen molar-refractivity contribution in [2.75, 3.05) is 33.4 Å². The third kappa shape index (κ3) is 5.95. The highest BCUT2D eigenvalue weighted by atomic mass is 32.1. The van der Waals surface area contributed by atoms with Gasteiger partial charge in [0.15, 0.2) is 0 Å². The zero-order chi connectivity index (χ0) is 33.6. The van der Waals surface area contributed by atoms with Gasteiger partial charge in [0, 0.05) is 57.7 Å². The molecule has 5 aromatic rings. The Bertz CT molecular complexity index is 1990. The third-order valence-corrected chi connectivity index (χ3v) is 10.3. The molecule has 0 spiro atoms. The first-order valence-corrected chi connectivity index (χ1v) is 17.2. The molecule has 2 aliphatic heterocycles. The average molecular weight is 670 g/mol. The molecule has 0 unspecified atom stereocenters. The van der Waals surface area contributed by atoms with Crippen molar-refractivity contribution in [1.82, 2.24) is 25.0 Å². The number of thiophene rings is 1. The summed E-state index contributed by atoms with van der Waals surface area (Å²) in [5, 5.41) is 21.7. The molecule has 1 amide bonds. The Kier molecular flexibility index (Phi) is 8.47. The molecule has 0 bridgehead atoms. The van der Waals surface area contributed by atoms with Crippen LogP contribution < -0.4 is 10.1 Å². The number of nitrogens with one attached hydrogen (secondary N) is 1. The molecule has 1 saturated heterocycles. The smallest absolute Gasteiger partial charge is 0.410 e. The number of hydrogen-bond acceptors (Lipinski definition) is 8. The molecule has 0 radical (unpaired) electrons. The van der Waals surface area contributed by atoms with Crippen LogP contribution in [0.4, 0.5) is 9.18 Å². The van der Waals surface area contributed by atoms with Gasteiger partial charge < -0.3 is 24.8 Å². The topological polar surface area (TPSA) is 102 Å². The van der Waals surface area contributed by atoms with Crippen molar-refractivity contribution in [2.24, 2.45) is 0 Å². The maximum atomic E-state index is 14.4. The lowest BCUT2D eigenvalue weighted by Crippen LogP contribution is -2.47. The van der Waals surface area contributed by atoms with Crippen molar-refractivity contribution in [3.8, 4) is 39.4 Å². The van der Waals surface area contributed by atoms with Crippen LogP contribution in [0.3, 0.4) is 0 Å². The van der Waals surface area contributed by atoms with E-state index in [-0.39, 0.29) is 18.5 Å². The molecule has 0 saturated carbocycles. The zero-order valence-corrected chi connectivity index (χ0v) is 28.5. The van der Waals surface area contributed by atoms with Crippen molar-refractivity contribution >= 4 is 27.5 Å². The molecule has 0 atom stereocenters. The lowest BCUT2D eigenvalue weighted by molar-refractivity contribution is 0.0224. The van der Waals surface area contributed by atoms with Gasteiger partial charge in [0.25, 0.3) is 0 Å². The number of halogens is 1. The summed E-state index contributed by atoms with van der Waals surface area (Å²) in [5.41, 5.74) is 6.08. The first-order chi connectivity index (χ1) is 23.1. The molecular formula is C37H40FN5O4S. The van der Waals surface area contributed by atoms with E-state index in [9.17, 15) is 14.3 Å². The molecule has 2 aromatic carbocycles. The van der Waals surface area contributed by atoms with Crippen LogP contribution in [-0.2, 0) is 23.2 Å². The molecule has 0 aliphatic carbocycles. The number of carbonyl (C=O) groups excluding carboxylic acids is 1. The van der Waals surface area contributed by atoms with E-state index in [4.69, 9.17) is 19.6 Å². The summed E-state index contributed by atoms with van der Waals surface area (Å²) in [6.07, 6.45) is 5.70. The van der Waals surface area contributed by atoms with Gasteiger partial charge in [-0.2, -0.15) is 5.10 Å². The predicted molar refractivity (Wildman–Crippen MR) is 186 cm³/mol. The van der Waals surface area contributed by atoms with Gasteiger partial charge in [-0.05, 0) is 93.9 Å². The molecule has 250 valence electrons. The van der Waals surface area contributed by atoms with E-state index in [1.54, 1.807) is 29.4 Å². The largest absolute Gasteiger partial charge is 0.496 e. The fourth-order valence-electron chi connectivity index (χ4n) is 6.81. The van der Waals surface area contributed by atoms with Gasteiger partial charge in [0.1, 0.15) is 17.2 Å². The van der Waals surface area contributed by atoms with Crippen molar-refractivity contribution in [1.29, 1.82) is 0 Å². The molecule has 48 heavy (non-hydrogen) atoms. The summed E-state index contributed by atoms with van der Waals surface area (Å²) in [6.45, 7) is 8.27. The van der Waals surface area contributed by atoms with E-state index < -0.39 is 11.1 Å². The molecule has 5 heterocycles. The average Bonchev–Trinajstić information content (AvgIpc) is 3.78. The number of piperidine rings is 1. The van der Waals surface area contributed by atoms with Gasteiger partial charge >= 0.3 is 6.09 Å². The standard InChI is InChI=1S/C37H40FN5O4S/c1-36(2,3)47-35(45)42-15-9-23-17-24(5-6-25(23)20-42)32-29-10-16-48-34(29)31(28-8-7-27(38)18-30(28)46-4)33(41-32)26-19-40-43(21-26)37(22-44)11-13-39-14-12-37/h5-8,10,16-19,21,39,44H,9,11-15,20,22H2,1-4H3. The minimum absolute atomic E-state index is 0.0163. The quantitative estimate of drug-likeness (QED) is 0.201. The summed E-state index contributed by atoms with van der Waals surface area (Å²) < 4.78 is 28.6. The van der Waals surface area contributed by atoms with Crippen molar-refractivity contribution in [3.63, 3.8) is 0 Å². The Morgan fingerprint density at radius 2 is 1.90 bits per heavy atom. The third-order valence-electron chi connectivity index (χ3n) is 9.35. The number of pyridine rings is 1. The number of rotatable bonds is 6. The van der Waals surface area contributed by atoms with Gasteiger partial charge in [-0.15, -0.1) is 11.3 Å². The van der Waals surface area contributed by atoms with Crippen LogP contribution in [0, 0.1) is 5.82 Å². The number of ether oxygens (including phenoxy) is 2. The summed E-state index contributed by atoms with van der Waals surface area (Å²) in [4.78, 5) is 19.9. The van der Waals surface area contributed by atoms with Crippen LogP contribution in [-0.4, -0.2) is 69.8 Å². The number of aliphatic hydroxyl groups excluding tert-OH is 1. The van der Waals surface area contributed by atoms with Crippen molar-refractivity contribution in [2.45, 2.75) is 57.7 Å². The second-order valence-corrected chi connectivity index (χ2v) is 14.5. The maximum absolute atomic E-state index is 14.4. The molecule has 7 rings (SSSR count). The molecular weight excluding hydrogens is 630 g/mol. The van der Waals surface area contributed by atoms with Crippen molar-refractivity contribution in [3.05, 3.63) is 77.2 Å². The predicted octanol–water partition coefficient (Wildman–Crippen LogP) is 7.01. The Morgan fingerprint density at radius 3 is 2.65 bits per heavy atom. The zero-order valence-electron chi connectivity index (χ0n) is 27.7. The van der Waals surface area contributed by atoms with E-state index in [2.05, 4.69) is 35.0 Å². The van der Waals surface area contributed by atoms with Crippen LogP contribution >= 0.6 is 11.3 Å².